The highest BCUT2D eigenvalue weighted by molar-refractivity contribution is 14.1. The first-order valence-electron chi connectivity index (χ1n) is 14.7. The van der Waals surface area contributed by atoms with Gasteiger partial charge in [-0.25, -0.2) is 9.69 Å². The highest BCUT2D eigenvalue weighted by Crippen LogP contribution is 2.36. The van der Waals surface area contributed by atoms with Crippen molar-refractivity contribution in [3.8, 4) is 17.2 Å². The van der Waals surface area contributed by atoms with E-state index < -0.39 is 17.8 Å². The van der Waals surface area contributed by atoms with Gasteiger partial charge in [0.15, 0.2) is 11.5 Å². The number of imide groups is 2. The second-order valence-electron chi connectivity index (χ2n) is 10.6. The third-order valence-electron chi connectivity index (χ3n) is 7.41. The monoisotopic (exact) mass is 802 g/mol. The van der Waals surface area contributed by atoms with Crippen LogP contribution in [0.25, 0.3) is 16.8 Å². The van der Waals surface area contributed by atoms with Gasteiger partial charge < -0.3 is 14.2 Å². The molecule has 10 heteroatoms. The lowest BCUT2D eigenvalue weighted by atomic mass is 10.1. The molecule has 0 unspecified atom stereocenters. The molecule has 0 radical (unpaired) electrons. The Bertz CT molecular complexity index is 2010. The van der Waals surface area contributed by atoms with Crippen molar-refractivity contribution < 1.29 is 28.6 Å². The van der Waals surface area contributed by atoms with Crippen LogP contribution in [-0.2, 0) is 22.8 Å². The molecule has 1 N–H and O–H groups in total. The fourth-order valence-corrected chi connectivity index (χ4v) is 6.19. The largest absolute Gasteiger partial charge is 0.490 e. The molecule has 1 aliphatic heterocycles. The third kappa shape index (κ3) is 7.34. The van der Waals surface area contributed by atoms with E-state index in [1.54, 1.807) is 36.4 Å². The lowest BCUT2D eigenvalue weighted by Gasteiger charge is -2.26. The minimum atomic E-state index is -0.831. The normalized spacial score (nSPS) is 14.0. The summed E-state index contributed by atoms with van der Waals surface area (Å²) in [5.41, 5.74) is 2.67. The van der Waals surface area contributed by atoms with Crippen LogP contribution in [0.2, 0.25) is 0 Å². The molecule has 0 bridgehead atoms. The maximum Gasteiger partial charge on any atom is 0.335 e. The van der Waals surface area contributed by atoms with Crippen molar-refractivity contribution in [2.75, 3.05) is 11.5 Å². The Balaban J connectivity index is 1.22. The molecule has 236 valence electrons. The molecule has 0 atom stereocenters. The molecule has 8 nitrogen and oxygen atoms in total. The fourth-order valence-electron chi connectivity index (χ4n) is 5.14. The molecule has 0 aliphatic carbocycles. The Kier molecular flexibility index (Phi) is 9.88. The summed E-state index contributed by atoms with van der Waals surface area (Å²) < 4.78 is 19.8. The van der Waals surface area contributed by atoms with Crippen LogP contribution in [0.4, 0.5) is 10.5 Å². The zero-order chi connectivity index (χ0) is 32.9. The number of fused-ring (bicyclic) bond motifs is 1. The number of hydrogen-bond acceptors (Lipinski definition) is 6. The number of barbiturate groups is 1. The highest BCUT2D eigenvalue weighted by atomic mass is 127. The number of nitrogens with zero attached hydrogens (tertiary/aromatic N) is 1. The van der Waals surface area contributed by atoms with E-state index >= 15 is 0 Å². The van der Waals surface area contributed by atoms with Crippen molar-refractivity contribution >= 4 is 78.9 Å². The number of benzene rings is 5. The topological polar surface area (TPSA) is 94.2 Å². The van der Waals surface area contributed by atoms with Crippen molar-refractivity contribution in [2.24, 2.45) is 0 Å². The number of nitrogens with one attached hydrogen (secondary N) is 1. The van der Waals surface area contributed by atoms with E-state index in [1.807, 2.05) is 55.5 Å². The molecular formula is C37H28BrIN2O6. The Morgan fingerprint density at radius 1 is 0.830 bits per heavy atom. The van der Waals surface area contributed by atoms with Gasteiger partial charge in [0.2, 0.25) is 0 Å². The standard InChI is InChI=1S/C37H28BrIN2O6/c1-2-45-33-20-24(19-32(39)34(33)47-22-26-8-5-7-25-6-3-4-9-30(25)26)18-31-35(42)40-37(44)41(36(31)43)28-14-16-29(17-15-28)46-21-23-10-12-27(38)13-11-23/h3-20H,2,21-22H2,1H3,(H,40,42,44)/b31-18+. The summed E-state index contributed by atoms with van der Waals surface area (Å²) in [5, 5.41) is 4.51. The number of carbonyl (C=O) groups is 3. The van der Waals surface area contributed by atoms with E-state index in [2.05, 4.69) is 62.0 Å². The summed E-state index contributed by atoms with van der Waals surface area (Å²) in [6.45, 7) is 2.92. The summed E-state index contributed by atoms with van der Waals surface area (Å²) in [5.74, 6) is 0.0682. The van der Waals surface area contributed by atoms with E-state index in [0.29, 0.717) is 48.3 Å². The van der Waals surface area contributed by atoms with Gasteiger partial charge in [0.25, 0.3) is 11.8 Å². The van der Waals surface area contributed by atoms with Crippen LogP contribution in [0.15, 0.2) is 113 Å². The van der Waals surface area contributed by atoms with Gasteiger partial charge in [-0.15, -0.1) is 0 Å². The van der Waals surface area contributed by atoms with E-state index in [1.165, 1.54) is 6.08 Å². The maximum absolute atomic E-state index is 13.6. The van der Waals surface area contributed by atoms with E-state index in [-0.39, 0.29) is 5.57 Å². The first kappa shape index (κ1) is 32.3. The average molecular weight is 803 g/mol. The number of urea groups is 1. The number of anilines is 1. The predicted octanol–water partition coefficient (Wildman–Crippen LogP) is 8.43. The van der Waals surface area contributed by atoms with Crippen molar-refractivity contribution in [1.29, 1.82) is 0 Å². The molecule has 6 rings (SSSR count). The molecule has 5 aromatic rings. The molecule has 0 aromatic heterocycles. The van der Waals surface area contributed by atoms with Gasteiger partial charge in [-0.1, -0.05) is 70.5 Å². The van der Waals surface area contributed by atoms with Crippen molar-refractivity contribution in [2.45, 2.75) is 20.1 Å². The molecule has 1 heterocycles. The van der Waals surface area contributed by atoms with Crippen LogP contribution in [-0.4, -0.2) is 24.5 Å². The predicted molar refractivity (Wildman–Crippen MR) is 193 cm³/mol. The quantitative estimate of drug-likeness (QED) is 0.0866. The van der Waals surface area contributed by atoms with Crippen molar-refractivity contribution in [1.82, 2.24) is 5.32 Å². The van der Waals surface area contributed by atoms with Crippen LogP contribution in [0.1, 0.15) is 23.6 Å². The zero-order valence-electron chi connectivity index (χ0n) is 25.2. The number of rotatable bonds is 10. The molecule has 47 heavy (non-hydrogen) atoms. The SMILES string of the molecule is CCOc1cc(/C=C2\C(=O)NC(=O)N(c3ccc(OCc4ccc(Br)cc4)cc3)C2=O)cc(I)c1OCc1cccc2ccccc12. The van der Waals surface area contributed by atoms with Crippen LogP contribution >= 0.6 is 38.5 Å². The first-order valence-corrected chi connectivity index (χ1v) is 16.6. The molecule has 0 spiro atoms. The summed E-state index contributed by atoms with van der Waals surface area (Å²) in [4.78, 5) is 40.2. The van der Waals surface area contributed by atoms with Crippen LogP contribution in [0.5, 0.6) is 17.2 Å². The summed E-state index contributed by atoms with van der Waals surface area (Å²) in [7, 11) is 0. The minimum absolute atomic E-state index is 0.192. The van der Waals surface area contributed by atoms with Gasteiger partial charge in [0.05, 0.1) is 15.9 Å². The van der Waals surface area contributed by atoms with Gasteiger partial charge in [-0.05, 0) is 112 Å². The zero-order valence-corrected chi connectivity index (χ0v) is 28.9. The second-order valence-corrected chi connectivity index (χ2v) is 12.6. The van der Waals surface area contributed by atoms with E-state index in [0.717, 1.165) is 34.8 Å². The second kappa shape index (κ2) is 14.4. The summed E-state index contributed by atoms with van der Waals surface area (Å²) in [6, 6.07) is 31.2. The van der Waals surface area contributed by atoms with Gasteiger partial charge >= 0.3 is 6.03 Å². The summed E-state index contributed by atoms with van der Waals surface area (Å²) in [6.07, 6.45) is 1.45. The molecular weight excluding hydrogens is 775 g/mol. The van der Waals surface area contributed by atoms with Crippen LogP contribution in [0.3, 0.4) is 0 Å². The van der Waals surface area contributed by atoms with Gasteiger partial charge in [-0.3, -0.25) is 14.9 Å². The van der Waals surface area contributed by atoms with E-state index in [9.17, 15) is 14.4 Å². The Morgan fingerprint density at radius 3 is 2.34 bits per heavy atom. The molecule has 1 aliphatic rings. The average Bonchev–Trinajstić information content (AvgIpc) is 3.07. The Morgan fingerprint density at radius 2 is 1.57 bits per heavy atom. The van der Waals surface area contributed by atoms with Crippen LogP contribution in [0, 0.1) is 3.57 Å². The van der Waals surface area contributed by atoms with E-state index in [4.69, 9.17) is 14.2 Å². The number of amides is 4. The highest BCUT2D eigenvalue weighted by Gasteiger charge is 2.37. The molecule has 1 fully saturated rings. The van der Waals surface area contributed by atoms with Gasteiger partial charge in [0, 0.05) is 4.47 Å². The number of halogens is 2. The molecule has 5 aromatic carbocycles. The summed E-state index contributed by atoms with van der Waals surface area (Å²) >= 11 is 5.57. The number of carbonyl (C=O) groups excluding carboxylic acids is 3. The fraction of sp³-hybridized carbons (Fsp3) is 0.108. The number of ether oxygens (including phenoxy) is 3. The van der Waals surface area contributed by atoms with Crippen molar-refractivity contribution in [3.63, 3.8) is 0 Å². The lowest BCUT2D eigenvalue weighted by molar-refractivity contribution is -0.122. The minimum Gasteiger partial charge on any atom is -0.490 e. The first-order chi connectivity index (χ1) is 22.8. The van der Waals surface area contributed by atoms with Crippen LogP contribution < -0.4 is 24.4 Å². The third-order valence-corrected chi connectivity index (χ3v) is 8.74. The van der Waals surface area contributed by atoms with Crippen molar-refractivity contribution in [3.05, 3.63) is 133 Å². The molecule has 0 saturated carbocycles. The molecule has 4 amide bonds. The van der Waals surface area contributed by atoms with Gasteiger partial charge in [-0.2, -0.15) is 0 Å². The molecule has 1 saturated heterocycles. The smallest absolute Gasteiger partial charge is 0.335 e. The maximum atomic E-state index is 13.6. The Hall–Kier alpha value is -4.68. The Labute approximate surface area is 293 Å². The lowest BCUT2D eigenvalue weighted by Crippen LogP contribution is -2.54. The number of hydrogen-bond donors (Lipinski definition) is 1. The van der Waals surface area contributed by atoms with Gasteiger partial charge in [0.1, 0.15) is 24.5 Å².